The van der Waals surface area contributed by atoms with Gasteiger partial charge >= 0.3 is 11.8 Å². The Hall–Kier alpha value is -1.59. The van der Waals surface area contributed by atoms with Gasteiger partial charge in [0.15, 0.2) is 0 Å². The van der Waals surface area contributed by atoms with Crippen LogP contribution in [-0.4, -0.2) is 11.3 Å². The molecule has 3 nitrogen and oxygen atoms in total. The van der Waals surface area contributed by atoms with E-state index in [1.807, 2.05) is 27.7 Å². The Morgan fingerprint density at radius 2 is 1.40 bits per heavy atom. The van der Waals surface area contributed by atoms with E-state index in [0.717, 1.165) is 0 Å². The smallest absolute Gasteiger partial charge is 0.442 e. The number of hydrogen-bond acceptors (Lipinski definition) is 3. The number of rotatable bonds is 3. The topological polar surface area (TPSA) is 45.0 Å². The molecule has 1 aliphatic rings. The highest BCUT2D eigenvalue weighted by atomic mass is 19.4. The van der Waals surface area contributed by atoms with Gasteiger partial charge in [-0.3, -0.25) is 0 Å². The number of phenolic OH excluding ortho intramolecular Hbond substituents is 1. The van der Waals surface area contributed by atoms with Crippen molar-refractivity contribution >= 4 is 0 Å². The zero-order chi connectivity index (χ0) is 15.3. The van der Waals surface area contributed by atoms with Gasteiger partial charge in [0.25, 0.3) is 0 Å². The lowest BCUT2D eigenvalue weighted by Crippen LogP contribution is -2.30. The van der Waals surface area contributed by atoms with Crippen molar-refractivity contribution in [2.75, 3.05) is 0 Å². The SMILES string of the molecule is CC(C)c1cc(C2(C(F)(F)F)N=N2)cc(C(C)C)c1O. The molecule has 0 aliphatic carbocycles. The van der Waals surface area contributed by atoms with Crippen LogP contribution in [0.3, 0.4) is 0 Å². The first kappa shape index (κ1) is 14.8. The van der Waals surface area contributed by atoms with Gasteiger partial charge in [-0.15, -0.1) is 10.2 Å². The minimum absolute atomic E-state index is 0.0183. The van der Waals surface area contributed by atoms with Crippen LogP contribution >= 0.6 is 0 Å². The van der Waals surface area contributed by atoms with E-state index in [1.165, 1.54) is 12.1 Å². The van der Waals surface area contributed by atoms with Crippen LogP contribution in [0.4, 0.5) is 13.2 Å². The van der Waals surface area contributed by atoms with Crippen molar-refractivity contribution in [2.45, 2.75) is 51.4 Å². The predicted molar refractivity (Wildman–Crippen MR) is 68.9 cm³/mol. The Bertz CT molecular complexity index is 527. The van der Waals surface area contributed by atoms with Crippen LogP contribution in [0.15, 0.2) is 22.4 Å². The summed E-state index contributed by atoms with van der Waals surface area (Å²) in [5, 5.41) is 16.6. The number of hydrogen-bond donors (Lipinski definition) is 1. The summed E-state index contributed by atoms with van der Waals surface area (Å²) >= 11 is 0. The van der Waals surface area contributed by atoms with Gasteiger partial charge in [-0.25, -0.2) is 0 Å². The Labute approximate surface area is 115 Å². The molecule has 0 atom stereocenters. The molecule has 0 fully saturated rings. The van der Waals surface area contributed by atoms with E-state index >= 15 is 0 Å². The molecule has 0 aromatic heterocycles. The van der Waals surface area contributed by atoms with Gasteiger partial charge in [0.05, 0.1) is 0 Å². The van der Waals surface area contributed by atoms with Gasteiger partial charge in [-0.05, 0) is 35.1 Å². The lowest BCUT2D eigenvalue weighted by atomic mass is 9.88. The van der Waals surface area contributed by atoms with E-state index in [4.69, 9.17) is 0 Å². The maximum absolute atomic E-state index is 13.1. The van der Waals surface area contributed by atoms with Crippen molar-refractivity contribution in [2.24, 2.45) is 10.2 Å². The molecule has 1 aromatic rings. The summed E-state index contributed by atoms with van der Waals surface area (Å²) in [4.78, 5) is 0. The molecule has 0 bridgehead atoms. The lowest BCUT2D eigenvalue weighted by Gasteiger charge is -2.21. The first-order valence-electron chi connectivity index (χ1n) is 6.48. The first-order chi connectivity index (χ1) is 9.10. The fourth-order valence-corrected chi connectivity index (χ4v) is 2.20. The number of alkyl halides is 3. The Kier molecular flexibility index (Phi) is 3.31. The minimum Gasteiger partial charge on any atom is -0.507 e. The van der Waals surface area contributed by atoms with Crippen molar-refractivity contribution in [1.82, 2.24) is 0 Å². The van der Waals surface area contributed by atoms with E-state index in [0.29, 0.717) is 11.1 Å². The van der Waals surface area contributed by atoms with Crippen LogP contribution < -0.4 is 0 Å². The third kappa shape index (κ3) is 2.17. The van der Waals surface area contributed by atoms with Crippen molar-refractivity contribution in [3.63, 3.8) is 0 Å². The molecule has 0 spiro atoms. The fraction of sp³-hybridized carbons (Fsp3) is 0.571. The van der Waals surface area contributed by atoms with E-state index in [9.17, 15) is 18.3 Å². The molecule has 110 valence electrons. The molecule has 0 unspecified atom stereocenters. The zero-order valence-electron chi connectivity index (χ0n) is 11.8. The highest BCUT2D eigenvalue weighted by Crippen LogP contribution is 2.53. The maximum atomic E-state index is 13.1. The molecule has 1 heterocycles. The largest absolute Gasteiger partial charge is 0.507 e. The molecule has 20 heavy (non-hydrogen) atoms. The van der Waals surface area contributed by atoms with Crippen molar-refractivity contribution in [3.8, 4) is 5.75 Å². The quantitative estimate of drug-likeness (QED) is 0.850. The Morgan fingerprint density at radius 3 is 1.65 bits per heavy atom. The summed E-state index contributed by atoms with van der Waals surface area (Å²) in [5.41, 5.74) is -1.47. The highest BCUT2D eigenvalue weighted by Gasteiger charge is 2.65. The van der Waals surface area contributed by atoms with Gasteiger partial charge in [-0.2, -0.15) is 13.2 Å². The second-order valence-corrected chi connectivity index (χ2v) is 5.68. The van der Waals surface area contributed by atoms with Crippen LogP contribution in [-0.2, 0) is 5.66 Å². The molecule has 1 aromatic carbocycles. The van der Waals surface area contributed by atoms with Crippen molar-refractivity contribution < 1.29 is 18.3 Å². The van der Waals surface area contributed by atoms with Gasteiger partial charge in [0.2, 0.25) is 0 Å². The fourth-order valence-electron chi connectivity index (χ4n) is 2.20. The number of benzene rings is 1. The molecule has 0 saturated carbocycles. The van der Waals surface area contributed by atoms with Gasteiger partial charge in [0.1, 0.15) is 5.75 Å². The summed E-state index contributed by atoms with van der Waals surface area (Å²) in [5.74, 6) is -0.107. The van der Waals surface area contributed by atoms with Gasteiger partial charge < -0.3 is 5.11 Å². The number of aromatic hydroxyl groups is 1. The second-order valence-electron chi connectivity index (χ2n) is 5.68. The molecular weight excluding hydrogens is 269 g/mol. The Morgan fingerprint density at radius 1 is 1.00 bits per heavy atom. The summed E-state index contributed by atoms with van der Waals surface area (Å²) in [6, 6.07) is 2.72. The van der Waals surface area contributed by atoms with Crippen molar-refractivity contribution in [1.29, 1.82) is 0 Å². The van der Waals surface area contributed by atoms with E-state index in [1.54, 1.807) is 0 Å². The summed E-state index contributed by atoms with van der Waals surface area (Å²) in [7, 11) is 0. The van der Waals surface area contributed by atoms with Crippen LogP contribution in [0.25, 0.3) is 0 Å². The summed E-state index contributed by atoms with van der Waals surface area (Å²) < 4.78 is 39.3. The van der Waals surface area contributed by atoms with Crippen molar-refractivity contribution in [3.05, 3.63) is 28.8 Å². The monoisotopic (exact) mass is 286 g/mol. The van der Waals surface area contributed by atoms with Gasteiger partial charge in [-0.1, -0.05) is 27.7 Å². The zero-order valence-corrected chi connectivity index (χ0v) is 11.8. The third-order valence-corrected chi connectivity index (χ3v) is 3.51. The normalized spacial score (nSPS) is 17.1. The molecule has 0 amide bonds. The molecular formula is C14H17F3N2O. The van der Waals surface area contributed by atoms with Crippen LogP contribution in [0.2, 0.25) is 0 Å². The van der Waals surface area contributed by atoms with Crippen LogP contribution in [0.1, 0.15) is 56.2 Å². The lowest BCUT2D eigenvalue weighted by molar-refractivity contribution is -0.166. The van der Waals surface area contributed by atoms with Crippen LogP contribution in [0.5, 0.6) is 5.75 Å². The molecule has 1 N–H and O–H groups in total. The molecule has 6 heteroatoms. The minimum atomic E-state index is -4.55. The predicted octanol–water partition coefficient (Wildman–Crippen LogP) is 4.82. The second kappa shape index (κ2) is 4.46. The van der Waals surface area contributed by atoms with Gasteiger partial charge in [0, 0.05) is 5.56 Å². The number of nitrogens with zero attached hydrogens (tertiary/aromatic N) is 2. The number of phenols is 1. The van der Waals surface area contributed by atoms with E-state index in [2.05, 4.69) is 10.2 Å². The molecule has 0 radical (unpaired) electrons. The average Bonchev–Trinajstić information content (AvgIpc) is 3.08. The van der Waals surface area contributed by atoms with Crippen LogP contribution in [0, 0.1) is 0 Å². The summed E-state index contributed by atoms with van der Waals surface area (Å²) in [6.07, 6.45) is -4.55. The summed E-state index contributed by atoms with van der Waals surface area (Å²) in [6.45, 7) is 7.30. The third-order valence-electron chi connectivity index (χ3n) is 3.51. The molecule has 0 saturated heterocycles. The Balaban J connectivity index is 2.62. The molecule has 1 aliphatic heterocycles. The first-order valence-corrected chi connectivity index (χ1v) is 6.48. The molecule has 2 rings (SSSR count). The van der Waals surface area contributed by atoms with E-state index < -0.39 is 11.8 Å². The maximum Gasteiger partial charge on any atom is 0.442 e. The number of halogens is 3. The highest BCUT2D eigenvalue weighted by molar-refractivity contribution is 5.49. The average molecular weight is 286 g/mol. The van der Waals surface area contributed by atoms with E-state index in [-0.39, 0.29) is 23.1 Å². The standard InChI is InChI=1S/C14H17F3N2O/c1-7(2)10-5-9(6-11(8(3)4)12(10)20)13(18-19-13)14(15,16)17/h5-8,20H,1-4H3.